The summed E-state index contributed by atoms with van der Waals surface area (Å²) in [6.07, 6.45) is 25.9. The Morgan fingerprint density at radius 1 is 0.686 bits per heavy atom. The Labute approximate surface area is 217 Å². The molecular weight excluding hydrogens is 438 g/mol. The molecule has 4 N–H and O–H groups in total. The van der Waals surface area contributed by atoms with Crippen molar-refractivity contribution in [1.82, 2.24) is 5.32 Å². The van der Waals surface area contributed by atoms with Crippen molar-refractivity contribution < 1.29 is 20.1 Å². The van der Waals surface area contributed by atoms with Gasteiger partial charge in [0.2, 0.25) is 5.91 Å². The van der Waals surface area contributed by atoms with E-state index in [9.17, 15) is 20.1 Å². The lowest BCUT2D eigenvalue weighted by atomic mass is 10.0. The first kappa shape index (κ1) is 34.1. The molecule has 0 saturated heterocycles. The largest absolute Gasteiger partial charge is 0.394 e. The van der Waals surface area contributed by atoms with Gasteiger partial charge in [0.05, 0.1) is 18.8 Å². The normalized spacial score (nSPS) is 14.3. The summed E-state index contributed by atoms with van der Waals surface area (Å²) in [4.78, 5) is 12.2. The van der Waals surface area contributed by atoms with Gasteiger partial charge in [-0.25, -0.2) is 0 Å². The number of hydrogen-bond acceptors (Lipinski definition) is 4. The van der Waals surface area contributed by atoms with Crippen LogP contribution in [-0.4, -0.2) is 46.1 Å². The highest BCUT2D eigenvalue weighted by atomic mass is 16.3. The summed E-state index contributed by atoms with van der Waals surface area (Å²) < 4.78 is 0. The third-order valence-electron chi connectivity index (χ3n) is 6.87. The molecule has 0 radical (unpaired) electrons. The van der Waals surface area contributed by atoms with Crippen LogP contribution in [-0.2, 0) is 4.79 Å². The summed E-state index contributed by atoms with van der Waals surface area (Å²) >= 11 is 0. The molecule has 0 aromatic rings. The van der Waals surface area contributed by atoms with E-state index >= 15 is 0 Å². The van der Waals surface area contributed by atoms with Gasteiger partial charge in [0, 0.05) is 6.42 Å². The molecule has 0 heterocycles. The van der Waals surface area contributed by atoms with Gasteiger partial charge in [0.15, 0.2) is 0 Å². The first-order valence-corrected chi connectivity index (χ1v) is 15.0. The average Bonchev–Trinajstić information content (AvgIpc) is 2.86. The Hall–Kier alpha value is -0.910. The van der Waals surface area contributed by atoms with Gasteiger partial charge in [-0.1, -0.05) is 116 Å². The van der Waals surface area contributed by atoms with Gasteiger partial charge in [0.25, 0.3) is 0 Å². The maximum absolute atomic E-state index is 12.2. The number of amides is 1. The highest BCUT2D eigenvalue weighted by molar-refractivity contribution is 5.76. The van der Waals surface area contributed by atoms with Crippen molar-refractivity contribution in [2.24, 2.45) is 0 Å². The quantitative estimate of drug-likeness (QED) is 0.0767. The molecular formula is C30H59NO4. The fourth-order valence-corrected chi connectivity index (χ4v) is 4.45. The molecule has 0 spiro atoms. The van der Waals surface area contributed by atoms with Gasteiger partial charge in [-0.05, 0) is 38.5 Å². The third kappa shape index (κ3) is 22.0. The van der Waals surface area contributed by atoms with Gasteiger partial charge >= 0.3 is 0 Å². The van der Waals surface area contributed by atoms with Crippen molar-refractivity contribution >= 4 is 5.91 Å². The van der Waals surface area contributed by atoms with E-state index in [-0.39, 0.29) is 12.5 Å². The van der Waals surface area contributed by atoms with Crippen LogP contribution in [0.2, 0.25) is 0 Å². The molecule has 0 aliphatic heterocycles. The number of carbonyl (C=O) groups excluding carboxylic acids is 1. The monoisotopic (exact) mass is 497 g/mol. The zero-order valence-electron chi connectivity index (χ0n) is 23.2. The van der Waals surface area contributed by atoms with E-state index in [1.165, 1.54) is 83.5 Å². The minimum Gasteiger partial charge on any atom is -0.394 e. The van der Waals surface area contributed by atoms with Crippen LogP contribution < -0.4 is 5.32 Å². The van der Waals surface area contributed by atoms with Crippen molar-refractivity contribution in [3.8, 4) is 0 Å². The van der Waals surface area contributed by atoms with Crippen LogP contribution in [0.5, 0.6) is 0 Å². The van der Waals surface area contributed by atoms with Gasteiger partial charge < -0.3 is 20.6 Å². The SMILES string of the molecule is CCCCC/C=C/CCCC(O)C(O)C(CO)NC(=O)CCCCCCCCCCCCCCC. The zero-order valence-corrected chi connectivity index (χ0v) is 23.2. The molecule has 3 unspecified atom stereocenters. The number of nitrogens with one attached hydrogen (secondary N) is 1. The molecule has 0 aromatic heterocycles. The molecule has 0 aliphatic rings. The van der Waals surface area contributed by atoms with Crippen LogP contribution in [0.15, 0.2) is 12.2 Å². The molecule has 0 saturated carbocycles. The molecule has 1 amide bonds. The summed E-state index contributed by atoms with van der Waals surface area (Å²) in [6, 6.07) is -0.816. The summed E-state index contributed by atoms with van der Waals surface area (Å²) in [5.41, 5.74) is 0. The van der Waals surface area contributed by atoms with E-state index in [2.05, 4.69) is 31.3 Å². The molecule has 0 fully saturated rings. The predicted molar refractivity (Wildman–Crippen MR) is 148 cm³/mol. The number of carbonyl (C=O) groups is 1. The molecule has 0 rings (SSSR count). The Bertz CT molecular complexity index is 483. The smallest absolute Gasteiger partial charge is 0.220 e. The Morgan fingerprint density at radius 3 is 1.66 bits per heavy atom. The summed E-state index contributed by atoms with van der Waals surface area (Å²) in [6.45, 7) is 4.07. The van der Waals surface area contributed by atoms with E-state index < -0.39 is 18.2 Å². The van der Waals surface area contributed by atoms with Crippen molar-refractivity contribution in [1.29, 1.82) is 0 Å². The van der Waals surface area contributed by atoms with E-state index in [0.29, 0.717) is 12.8 Å². The third-order valence-corrected chi connectivity index (χ3v) is 6.87. The van der Waals surface area contributed by atoms with Crippen LogP contribution >= 0.6 is 0 Å². The highest BCUT2D eigenvalue weighted by Crippen LogP contribution is 2.14. The van der Waals surface area contributed by atoms with Gasteiger partial charge in [0.1, 0.15) is 6.10 Å². The second-order valence-electron chi connectivity index (χ2n) is 10.3. The first-order valence-electron chi connectivity index (χ1n) is 15.0. The van der Waals surface area contributed by atoms with Crippen molar-refractivity contribution in [2.45, 2.75) is 167 Å². The summed E-state index contributed by atoms with van der Waals surface area (Å²) in [5, 5.41) is 32.9. The molecule has 208 valence electrons. The van der Waals surface area contributed by atoms with Gasteiger partial charge in [-0.15, -0.1) is 0 Å². The minimum atomic E-state index is -1.15. The predicted octanol–water partition coefficient (Wildman–Crippen LogP) is 6.97. The van der Waals surface area contributed by atoms with Crippen LogP contribution in [0.4, 0.5) is 0 Å². The van der Waals surface area contributed by atoms with E-state index in [4.69, 9.17) is 0 Å². The first-order chi connectivity index (χ1) is 17.1. The molecule has 0 aliphatic carbocycles. The van der Waals surface area contributed by atoms with Crippen LogP contribution in [0.3, 0.4) is 0 Å². The average molecular weight is 498 g/mol. The number of rotatable bonds is 26. The number of allylic oxidation sites excluding steroid dienone is 2. The lowest BCUT2D eigenvalue weighted by Crippen LogP contribution is -2.50. The number of aliphatic hydroxyl groups is 3. The zero-order chi connectivity index (χ0) is 26.0. The molecule has 3 atom stereocenters. The van der Waals surface area contributed by atoms with E-state index in [1.54, 1.807) is 0 Å². The Balaban J connectivity index is 3.77. The summed E-state index contributed by atoms with van der Waals surface area (Å²) in [7, 11) is 0. The minimum absolute atomic E-state index is 0.159. The molecule has 35 heavy (non-hydrogen) atoms. The highest BCUT2D eigenvalue weighted by Gasteiger charge is 2.26. The maximum atomic E-state index is 12.2. The van der Waals surface area contributed by atoms with Crippen LogP contribution in [0, 0.1) is 0 Å². The topological polar surface area (TPSA) is 89.8 Å². The fourth-order valence-electron chi connectivity index (χ4n) is 4.45. The van der Waals surface area contributed by atoms with Crippen LogP contribution in [0.25, 0.3) is 0 Å². The van der Waals surface area contributed by atoms with E-state index in [1.807, 2.05) is 0 Å². The van der Waals surface area contributed by atoms with E-state index in [0.717, 1.165) is 38.5 Å². The number of aliphatic hydroxyl groups excluding tert-OH is 3. The molecule has 0 aromatic carbocycles. The second kappa shape index (κ2) is 26.2. The molecule has 0 bridgehead atoms. The van der Waals surface area contributed by atoms with Gasteiger partial charge in [-0.2, -0.15) is 0 Å². The molecule has 5 nitrogen and oxygen atoms in total. The summed E-state index contributed by atoms with van der Waals surface area (Å²) in [5.74, 6) is -0.159. The van der Waals surface area contributed by atoms with Crippen molar-refractivity contribution in [2.75, 3.05) is 6.61 Å². The van der Waals surface area contributed by atoms with Crippen molar-refractivity contribution in [3.63, 3.8) is 0 Å². The Morgan fingerprint density at radius 2 is 1.14 bits per heavy atom. The number of unbranched alkanes of at least 4 members (excludes halogenated alkanes) is 16. The van der Waals surface area contributed by atoms with Crippen LogP contribution in [0.1, 0.15) is 149 Å². The lowest BCUT2D eigenvalue weighted by molar-refractivity contribution is -0.124. The standard InChI is InChI=1S/C30H59NO4/c1-3-5-7-9-11-13-14-15-16-17-19-21-23-25-29(34)31-27(26-32)30(35)28(33)24-22-20-18-12-10-8-6-4-2/h12,18,27-28,30,32-33,35H,3-11,13-17,19-26H2,1-2H3,(H,31,34)/b18-12+. The molecule has 5 heteroatoms. The second-order valence-corrected chi connectivity index (χ2v) is 10.3. The fraction of sp³-hybridized carbons (Fsp3) is 0.900. The maximum Gasteiger partial charge on any atom is 0.220 e. The number of hydrogen-bond donors (Lipinski definition) is 4. The van der Waals surface area contributed by atoms with Crippen molar-refractivity contribution in [3.05, 3.63) is 12.2 Å². The lowest BCUT2D eigenvalue weighted by Gasteiger charge is -2.26. The van der Waals surface area contributed by atoms with Gasteiger partial charge in [-0.3, -0.25) is 4.79 Å². The Kier molecular flexibility index (Phi) is 25.5.